The summed E-state index contributed by atoms with van der Waals surface area (Å²) in [4.78, 5) is 12.4. The summed E-state index contributed by atoms with van der Waals surface area (Å²) in [6, 6.07) is 13.5. The Labute approximate surface area is 153 Å². The van der Waals surface area contributed by atoms with Crippen LogP contribution in [0.2, 0.25) is 5.02 Å². The Balaban J connectivity index is 1.78. The molecule has 0 unspecified atom stereocenters. The fraction of sp³-hybridized carbons (Fsp3) is 0.286. The van der Waals surface area contributed by atoms with Crippen molar-refractivity contribution in [3.63, 3.8) is 0 Å². The van der Waals surface area contributed by atoms with E-state index in [-0.39, 0.29) is 17.6 Å². The molecule has 1 heterocycles. The van der Waals surface area contributed by atoms with Gasteiger partial charge in [0.2, 0.25) is 5.91 Å². The molecule has 0 radical (unpaired) electrons. The van der Waals surface area contributed by atoms with Gasteiger partial charge in [0.25, 0.3) is 0 Å². The Hall–Kier alpha value is -2.26. The van der Waals surface area contributed by atoms with Crippen LogP contribution in [-0.4, -0.2) is 11.5 Å². The van der Waals surface area contributed by atoms with Gasteiger partial charge in [-0.2, -0.15) is 0 Å². The van der Waals surface area contributed by atoms with Crippen molar-refractivity contribution < 1.29 is 9.53 Å². The van der Waals surface area contributed by atoms with Crippen LogP contribution in [0, 0.1) is 6.92 Å². The second kappa shape index (κ2) is 6.93. The molecule has 130 valence electrons. The molecule has 0 fully saturated rings. The lowest BCUT2D eigenvalue weighted by Crippen LogP contribution is -2.40. The van der Waals surface area contributed by atoms with Crippen LogP contribution in [-0.2, 0) is 4.79 Å². The number of carbonyl (C=O) groups is 1. The topological polar surface area (TPSA) is 38.3 Å². The minimum absolute atomic E-state index is 0.0808. The van der Waals surface area contributed by atoms with Gasteiger partial charge in [0.1, 0.15) is 11.4 Å². The number of ether oxygens (including phenoxy) is 1. The van der Waals surface area contributed by atoms with Crippen LogP contribution in [0.3, 0.4) is 0 Å². The molecule has 0 aromatic heterocycles. The van der Waals surface area contributed by atoms with E-state index in [1.54, 1.807) is 12.1 Å². The molecule has 2 aromatic rings. The van der Waals surface area contributed by atoms with Crippen LogP contribution in [0.25, 0.3) is 6.08 Å². The molecule has 4 heteroatoms. The van der Waals surface area contributed by atoms with Crippen molar-refractivity contribution in [2.75, 3.05) is 0 Å². The van der Waals surface area contributed by atoms with Crippen molar-refractivity contribution in [2.24, 2.45) is 0 Å². The lowest BCUT2D eigenvalue weighted by atomic mass is 9.89. The van der Waals surface area contributed by atoms with Crippen molar-refractivity contribution in [3.8, 4) is 5.75 Å². The third kappa shape index (κ3) is 4.23. The summed E-state index contributed by atoms with van der Waals surface area (Å²) in [6.07, 6.45) is 3.98. The van der Waals surface area contributed by atoms with Crippen LogP contribution in [0.1, 0.15) is 43.0 Å². The number of aryl methyl sites for hydroxylation is 1. The number of nitrogens with one attached hydrogen (secondary N) is 1. The van der Waals surface area contributed by atoms with Gasteiger partial charge in [0, 0.05) is 23.1 Å². The molecule has 25 heavy (non-hydrogen) atoms. The number of carbonyl (C=O) groups excluding carboxylic acids is 1. The number of amides is 1. The summed E-state index contributed by atoms with van der Waals surface area (Å²) in [5, 5.41) is 3.72. The van der Waals surface area contributed by atoms with Crippen molar-refractivity contribution in [1.82, 2.24) is 5.32 Å². The fourth-order valence-corrected chi connectivity index (χ4v) is 3.28. The Bertz CT molecular complexity index is 826. The molecule has 3 rings (SSSR count). The maximum Gasteiger partial charge on any atom is 0.244 e. The lowest BCUT2D eigenvalue weighted by molar-refractivity contribution is -0.117. The SMILES string of the molecule is Cc1ccc2c(c1)OC(C)(C)C[C@H]2NC(=O)/C=C/c1ccccc1Cl. The number of rotatable bonds is 3. The van der Waals surface area contributed by atoms with Gasteiger partial charge in [-0.3, -0.25) is 4.79 Å². The third-order valence-corrected chi connectivity index (χ3v) is 4.61. The van der Waals surface area contributed by atoms with Crippen LogP contribution in [0.15, 0.2) is 48.5 Å². The summed E-state index contributed by atoms with van der Waals surface area (Å²) in [6.45, 7) is 6.11. The van der Waals surface area contributed by atoms with E-state index in [9.17, 15) is 4.79 Å². The molecule has 2 aromatic carbocycles. The highest BCUT2D eigenvalue weighted by Crippen LogP contribution is 2.39. The summed E-state index contributed by atoms with van der Waals surface area (Å²) < 4.78 is 6.07. The number of halogens is 1. The molecule has 0 aliphatic carbocycles. The molecule has 1 aliphatic heterocycles. The van der Waals surface area contributed by atoms with Crippen LogP contribution < -0.4 is 10.1 Å². The normalized spacial score (nSPS) is 18.5. The predicted molar refractivity (Wildman–Crippen MR) is 102 cm³/mol. The van der Waals surface area contributed by atoms with E-state index in [4.69, 9.17) is 16.3 Å². The molecule has 0 spiro atoms. The van der Waals surface area contributed by atoms with Gasteiger partial charge in [-0.15, -0.1) is 0 Å². The quantitative estimate of drug-likeness (QED) is 0.779. The molecule has 1 amide bonds. The highest BCUT2D eigenvalue weighted by atomic mass is 35.5. The van der Waals surface area contributed by atoms with Crippen LogP contribution in [0.4, 0.5) is 0 Å². The van der Waals surface area contributed by atoms with E-state index >= 15 is 0 Å². The number of hydrogen-bond acceptors (Lipinski definition) is 2. The molecule has 0 bridgehead atoms. The zero-order chi connectivity index (χ0) is 18.0. The first-order chi connectivity index (χ1) is 11.8. The lowest BCUT2D eigenvalue weighted by Gasteiger charge is -2.38. The first kappa shape index (κ1) is 17.6. The van der Waals surface area contributed by atoms with E-state index in [0.29, 0.717) is 11.4 Å². The second-order valence-corrected chi connectivity index (χ2v) is 7.43. The zero-order valence-electron chi connectivity index (χ0n) is 14.7. The van der Waals surface area contributed by atoms with Crippen LogP contribution in [0.5, 0.6) is 5.75 Å². The van der Waals surface area contributed by atoms with Crippen molar-refractivity contribution in [3.05, 3.63) is 70.3 Å². The summed E-state index contributed by atoms with van der Waals surface area (Å²) in [5.74, 6) is 0.700. The number of fused-ring (bicyclic) bond motifs is 1. The summed E-state index contributed by atoms with van der Waals surface area (Å²) in [7, 11) is 0. The van der Waals surface area contributed by atoms with Crippen molar-refractivity contribution >= 4 is 23.6 Å². The predicted octanol–water partition coefficient (Wildman–Crippen LogP) is 5.08. The van der Waals surface area contributed by atoms with Crippen molar-refractivity contribution in [1.29, 1.82) is 0 Å². The van der Waals surface area contributed by atoms with E-state index in [2.05, 4.69) is 5.32 Å². The minimum atomic E-state index is -0.328. The first-order valence-corrected chi connectivity index (χ1v) is 8.74. The maximum atomic E-state index is 12.4. The highest BCUT2D eigenvalue weighted by Gasteiger charge is 2.34. The minimum Gasteiger partial charge on any atom is -0.487 e. The largest absolute Gasteiger partial charge is 0.487 e. The average molecular weight is 356 g/mol. The number of benzene rings is 2. The van der Waals surface area contributed by atoms with E-state index in [0.717, 1.165) is 22.4 Å². The fourth-order valence-electron chi connectivity index (χ4n) is 3.08. The van der Waals surface area contributed by atoms with Gasteiger partial charge in [0.15, 0.2) is 0 Å². The van der Waals surface area contributed by atoms with E-state index in [1.807, 2.05) is 57.2 Å². The van der Waals surface area contributed by atoms with Gasteiger partial charge in [-0.25, -0.2) is 0 Å². The number of hydrogen-bond donors (Lipinski definition) is 1. The first-order valence-electron chi connectivity index (χ1n) is 8.37. The Morgan fingerprint density at radius 2 is 2.04 bits per heavy atom. The van der Waals surface area contributed by atoms with E-state index in [1.165, 1.54) is 6.08 Å². The van der Waals surface area contributed by atoms with Crippen molar-refractivity contribution in [2.45, 2.75) is 38.8 Å². The average Bonchev–Trinajstić information content (AvgIpc) is 2.52. The molecular weight excluding hydrogens is 334 g/mol. The standard InChI is InChI=1S/C21H22ClNO2/c1-14-8-10-16-18(13-21(2,3)25-19(16)12-14)23-20(24)11-9-15-6-4-5-7-17(15)22/h4-12,18H,13H2,1-3H3,(H,23,24)/b11-9+/t18-/m1/s1. The molecule has 0 saturated carbocycles. The Kier molecular flexibility index (Phi) is 4.87. The van der Waals surface area contributed by atoms with E-state index < -0.39 is 0 Å². The van der Waals surface area contributed by atoms with Gasteiger partial charge in [0.05, 0.1) is 6.04 Å². The summed E-state index contributed by atoms with van der Waals surface area (Å²) in [5.41, 5.74) is 2.65. The summed E-state index contributed by atoms with van der Waals surface area (Å²) >= 11 is 6.12. The smallest absolute Gasteiger partial charge is 0.244 e. The van der Waals surface area contributed by atoms with Gasteiger partial charge in [-0.05, 0) is 50.1 Å². The monoisotopic (exact) mass is 355 g/mol. The van der Waals surface area contributed by atoms with Crippen LogP contribution >= 0.6 is 11.6 Å². The maximum absolute atomic E-state index is 12.4. The molecule has 1 N–H and O–H groups in total. The molecular formula is C21H22ClNO2. The Morgan fingerprint density at radius 1 is 1.28 bits per heavy atom. The molecule has 3 nitrogen and oxygen atoms in total. The van der Waals surface area contributed by atoms with Gasteiger partial charge in [-0.1, -0.05) is 41.9 Å². The molecule has 1 atom stereocenters. The highest BCUT2D eigenvalue weighted by molar-refractivity contribution is 6.32. The molecule has 0 saturated heterocycles. The Morgan fingerprint density at radius 3 is 2.80 bits per heavy atom. The zero-order valence-corrected chi connectivity index (χ0v) is 15.4. The van der Waals surface area contributed by atoms with Gasteiger partial charge < -0.3 is 10.1 Å². The third-order valence-electron chi connectivity index (χ3n) is 4.26. The molecule has 1 aliphatic rings. The second-order valence-electron chi connectivity index (χ2n) is 7.02. The van der Waals surface area contributed by atoms with Gasteiger partial charge >= 0.3 is 0 Å².